The van der Waals surface area contributed by atoms with Gasteiger partial charge in [-0.2, -0.15) is 4.37 Å². The van der Waals surface area contributed by atoms with E-state index in [0.29, 0.717) is 18.9 Å². The van der Waals surface area contributed by atoms with Crippen molar-refractivity contribution in [2.75, 3.05) is 49.5 Å². The molecule has 1 N–H and O–H groups in total. The van der Waals surface area contributed by atoms with Gasteiger partial charge in [0, 0.05) is 31.6 Å². The molecule has 1 aliphatic heterocycles. The van der Waals surface area contributed by atoms with E-state index in [2.05, 4.69) is 37.7 Å². The minimum absolute atomic E-state index is 0.0142. The maximum absolute atomic E-state index is 12.5. The molecule has 0 unspecified atom stereocenters. The molecule has 7 heteroatoms. The van der Waals surface area contributed by atoms with Crippen molar-refractivity contribution in [1.82, 2.24) is 9.27 Å². The number of carbonyl (C=O) groups is 1. The molecule has 4 rings (SSSR count). The number of amides is 1. The molecule has 1 fully saturated rings. The lowest BCUT2D eigenvalue weighted by Gasteiger charge is -2.34. The quantitative estimate of drug-likeness (QED) is 0.692. The van der Waals surface area contributed by atoms with Crippen LogP contribution in [0.25, 0.3) is 10.1 Å². The highest BCUT2D eigenvalue weighted by Gasteiger charge is 2.22. The second-order valence-electron chi connectivity index (χ2n) is 6.74. The Morgan fingerprint density at radius 2 is 1.86 bits per heavy atom. The van der Waals surface area contributed by atoms with Crippen LogP contribution >= 0.6 is 11.5 Å². The number of aromatic nitrogens is 1. The minimum atomic E-state index is -0.0142. The number of hydrogen-bond acceptors (Lipinski definition) is 6. The van der Waals surface area contributed by atoms with Crippen molar-refractivity contribution >= 4 is 39.0 Å². The Morgan fingerprint density at radius 3 is 2.68 bits per heavy atom. The Kier molecular flexibility index (Phi) is 5.73. The van der Waals surface area contributed by atoms with Crippen LogP contribution in [0.4, 0.5) is 11.5 Å². The second-order valence-corrected chi connectivity index (χ2v) is 7.55. The smallest absolute Gasteiger partial charge is 0.238 e. The summed E-state index contributed by atoms with van der Waals surface area (Å²) in [6.45, 7) is 6.31. The molecule has 1 aromatic heterocycles. The molecule has 28 heavy (non-hydrogen) atoms. The van der Waals surface area contributed by atoms with Gasteiger partial charge in [0.2, 0.25) is 5.91 Å². The van der Waals surface area contributed by atoms with Gasteiger partial charge in [-0.05, 0) is 42.7 Å². The summed E-state index contributed by atoms with van der Waals surface area (Å²) in [7, 11) is 0. The summed E-state index contributed by atoms with van der Waals surface area (Å²) in [5.41, 5.74) is 0.724. The van der Waals surface area contributed by atoms with Crippen LogP contribution in [0.5, 0.6) is 5.75 Å². The van der Waals surface area contributed by atoms with Gasteiger partial charge < -0.3 is 15.0 Å². The number of carbonyl (C=O) groups excluding carboxylic acids is 1. The number of benzene rings is 2. The maximum Gasteiger partial charge on any atom is 0.238 e. The van der Waals surface area contributed by atoms with E-state index in [1.165, 1.54) is 10.1 Å². The van der Waals surface area contributed by atoms with Gasteiger partial charge in [0.1, 0.15) is 11.6 Å². The number of nitrogens with zero attached hydrogens (tertiary/aromatic N) is 3. The first kappa shape index (κ1) is 18.7. The van der Waals surface area contributed by atoms with E-state index in [-0.39, 0.29) is 5.91 Å². The summed E-state index contributed by atoms with van der Waals surface area (Å²) < 4.78 is 11.4. The summed E-state index contributed by atoms with van der Waals surface area (Å²) in [6, 6.07) is 15.9. The van der Waals surface area contributed by atoms with E-state index >= 15 is 0 Å². The normalized spacial score (nSPS) is 15.0. The number of piperazine rings is 1. The monoisotopic (exact) mass is 396 g/mol. The molecule has 3 aromatic rings. The van der Waals surface area contributed by atoms with Crippen LogP contribution in [0, 0.1) is 0 Å². The minimum Gasteiger partial charge on any atom is -0.492 e. The summed E-state index contributed by atoms with van der Waals surface area (Å²) in [6.07, 6.45) is 0. The molecular weight excluding hydrogens is 372 g/mol. The maximum atomic E-state index is 12.5. The molecule has 0 aliphatic carbocycles. The summed E-state index contributed by atoms with van der Waals surface area (Å²) in [4.78, 5) is 17.0. The molecule has 146 valence electrons. The summed E-state index contributed by atoms with van der Waals surface area (Å²) in [5, 5.41) is 4.19. The van der Waals surface area contributed by atoms with E-state index in [1.54, 1.807) is 11.5 Å². The molecule has 2 aromatic carbocycles. The number of rotatable bonds is 6. The molecule has 1 amide bonds. The van der Waals surface area contributed by atoms with Crippen molar-refractivity contribution in [3.05, 3.63) is 48.5 Å². The van der Waals surface area contributed by atoms with Crippen LogP contribution < -0.4 is 15.0 Å². The van der Waals surface area contributed by atoms with Crippen LogP contribution in [0.15, 0.2) is 48.5 Å². The van der Waals surface area contributed by atoms with Crippen LogP contribution in [-0.4, -0.2) is 54.5 Å². The number of nitrogens with one attached hydrogen (secondary N) is 1. The lowest BCUT2D eigenvalue weighted by Crippen LogP contribution is -2.48. The molecule has 1 saturated heterocycles. The zero-order valence-electron chi connectivity index (χ0n) is 15.9. The van der Waals surface area contributed by atoms with Crippen LogP contribution in [-0.2, 0) is 4.79 Å². The Balaban J connectivity index is 1.33. The van der Waals surface area contributed by atoms with Crippen LogP contribution in [0.2, 0.25) is 0 Å². The van der Waals surface area contributed by atoms with Crippen molar-refractivity contribution in [3.63, 3.8) is 0 Å². The second kappa shape index (κ2) is 8.58. The Bertz CT molecular complexity index is 950. The third-order valence-corrected chi connectivity index (χ3v) is 5.68. The topological polar surface area (TPSA) is 57.7 Å². The van der Waals surface area contributed by atoms with Crippen LogP contribution in [0.1, 0.15) is 6.92 Å². The Morgan fingerprint density at radius 1 is 1.11 bits per heavy atom. The fourth-order valence-corrected chi connectivity index (χ4v) is 4.26. The first-order valence-electron chi connectivity index (χ1n) is 9.58. The van der Waals surface area contributed by atoms with Gasteiger partial charge >= 0.3 is 0 Å². The number of para-hydroxylation sites is 2. The number of ether oxygens (including phenoxy) is 1. The number of anilines is 2. The molecule has 6 nitrogen and oxygen atoms in total. The molecule has 2 heterocycles. The molecule has 1 aliphatic rings. The van der Waals surface area contributed by atoms with E-state index in [1.807, 2.05) is 37.3 Å². The lowest BCUT2D eigenvalue weighted by atomic mass is 10.2. The highest BCUT2D eigenvalue weighted by Crippen LogP contribution is 2.30. The van der Waals surface area contributed by atoms with Crippen molar-refractivity contribution in [1.29, 1.82) is 0 Å². The first-order chi connectivity index (χ1) is 13.7. The van der Waals surface area contributed by atoms with Crippen LogP contribution in [0.3, 0.4) is 0 Å². The van der Waals surface area contributed by atoms with Gasteiger partial charge in [-0.3, -0.25) is 9.69 Å². The zero-order chi connectivity index (χ0) is 19.3. The largest absolute Gasteiger partial charge is 0.492 e. The highest BCUT2D eigenvalue weighted by molar-refractivity contribution is 7.13. The van der Waals surface area contributed by atoms with Crippen molar-refractivity contribution < 1.29 is 9.53 Å². The Hall–Kier alpha value is -2.64. The van der Waals surface area contributed by atoms with E-state index in [9.17, 15) is 4.79 Å². The van der Waals surface area contributed by atoms with Gasteiger partial charge in [0.05, 0.1) is 23.5 Å². The first-order valence-corrected chi connectivity index (χ1v) is 10.4. The van der Waals surface area contributed by atoms with Gasteiger partial charge in [-0.25, -0.2) is 0 Å². The SMILES string of the molecule is CCOc1ccccc1NC(=O)CN1CCN(c2nsc3ccccc23)CC1. The molecular formula is C21H24N4O2S. The molecule has 0 atom stereocenters. The van der Waals surface area contributed by atoms with Crippen molar-refractivity contribution in [2.24, 2.45) is 0 Å². The van der Waals surface area contributed by atoms with Crippen molar-refractivity contribution in [3.8, 4) is 5.75 Å². The third kappa shape index (κ3) is 4.10. The number of fused-ring (bicyclic) bond motifs is 1. The average Bonchev–Trinajstić information content (AvgIpc) is 3.14. The lowest BCUT2D eigenvalue weighted by molar-refractivity contribution is -0.117. The van der Waals surface area contributed by atoms with Gasteiger partial charge in [0.15, 0.2) is 0 Å². The van der Waals surface area contributed by atoms with Gasteiger partial charge in [-0.1, -0.05) is 24.3 Å². The van der Waals surface area contributed by atoms with E-state index in [0.717, 1.165) is 37.7 Å². The standard InChI is InChI=1S/C21H24N4O2S/c1-2-27-18-9-5-4-8-17(18)22-20(26)15-24-11-13-25(14-12-24)21-16-7-3-6-10-19(16)28-23-21/h3-10H,2,11-15H2,1H3,(H,22,26). The highest BCUT2D eigenvalue weighted by atomic mass is 32.1. The molecule has 0 radical (unpaired) electrons. The Labute approximate surface area is 168 Å². The third-order valence-electron chi connectivity index (χ3n) is 4.86. The summed E-state index contributed by atoms with van der Waals surface area (Å²) in [5.74, 6) is 1.76. The van der Waals surface area contributed by atoms with E-state index in [4.69, 9.17) is 4.74 Å². The predicted molar refractivity (Wildman–Crippen MR) is 115 cm³/mol. The van der Waals surface area contributed by atoms with Crippen molar-refractivity contribution in [2.45, 2.75) is 6.92 Å². The van der Waals surface area contributed by atoms with Gasteiger partial charge in [0.25, 0.3) is 0 Å². The fraction of sp³-hybridized carbons (Fsp3) is 0.333. The number of hydrogen-bond donors (Lipinski definition) is 1. The predicted octanol–water partition coefficient (Wildman–Crippen LogP) is 3.46. The molecule has 0 spiro atoms. The molecule has 0 saturated carbocycles. The molecule has 0 bridgehead atoms. The zero-order valence-corrected chi connectivity index (χ0v) is 16.7. The fourth-order valence-electron chi connectivity index (χ4n) is 3.46. The average molecular weight is 397 g/mol. The van der Waals surface area contributed by atoms with Gasteiger partial charge in [-0.15, -0.1) is 0 Å². The summed E-state index contributed by atoms with van der Waals surface area (Å²) >= 11 is 1.54. The van der Waals surface area contributed by atoms with E-state index < -0.39 is 0 Å².